The van der Waals surface area contributed by atoms with Crippen molar-refractivity contribution in [3.8, 4) is 11.5 Å². The Morgan fingerprint density at radius 3 is 2.65 bits per heavy atom. The maximum atomic E-state index is 12.7. The minimum atomic E-state index is -0.898. The largest absolute Gasteiger partial charge is 0.507 e. The van der Waals surface area contributed by atoms with Crippen LogP contribution in [0, 0.1) is 0 Å². The summed E-state index contributed by atoms with van der Waals surface area (Å²) in [5.41, 5.74) is 2.89. The average Bonchev–Trinajstić information content (AvgIpc) is 2.75. The van der Waals surface area contributed by atoms with E-state index in [2.05, 4.69) is 26.1 Å². The molecule has 3 N–H and O–H groups in total. The number of nitrogens with one attached hydrogen (secondary N) is 1. The topological polar surface area (TPSA) is 99.1 Å². The van der Waals surface area contributed by atoms with Crippen LogP contribution < -0.4 is 10.1 Å². The molecule has 1 aliphatic rings. The van der Waals surface area contributed by atoms with E-state index >= 15 is 0 Å². The number of aliphatic carboxylic acids is 1. The number of fused-ring (bicyclic) bond motifs is 1. The third kappa shape index (κ3) is 7.22. The molecule has 0 saturated heterocycles. The first-order valence-corrected chi connectivity index (χ1v) is 11.9. The summed E-state index contributed by atoms with van der Waals surface area (Å²) in [7, 11) is 0. The summed E-state index contributed by atoms with van der Waals surface area (Å²) in [6, 6.07) is 11.2. The van der Waals surface area contributed by atoms with Crippen molar-refractivity contribution >= 4 is 11.9 Å². The second kappa shape index (κ2) is 11.4. The number of amides is 1. The highest BCUT2D eigenvalue weighted by atomic mass is 16.5. The van der Waals surface area contributed by atoms with Crippen LogP contribution in [0.2, 0.25) is 0 Å². The molecule has 1 amide bonds. The van der Waals surface area contributed by atoms with E-state index in [1.54, 1.807) is 6.07 Å². The van der Waals surface area contributed by atoms with E-state index in [1.807, 2.05) is 35.2 Å². The Hall–Kier alpha value is -3.06. The Kier molecular flexibility index (Phi) is 8.56. The van der Waals surface area contributed by atoms with E-state index in [0.717, 1.165) is 36.0 Å². The van der Waals surface area contributed by atoms with Gasteiger partial charge in [0, 0.05) is 30.8 Å². The first-order valence-electron chi connectivity index (χ1n) is 11.9. The fourth-order valence-corrected chi connectivity index (χ4v) is 4.23. The Bertz CT molecular complexity index is 1010. The minimum Gasteiger partial charge on any atom is -0.507 e. The highest BCUT2D eigenvalue weighted by Gasteiger charge is 2.22. The lowest BCUT2D eigenvalue weighted by Crippen LogP contribution is -2.37. The van der Waals surface area contributed by atoms with Crippen molar-refractivity contribution in [1.29, 1.82) is 0 Å². The van der Waals surface area contributed by atoms with E-state index < -0.39 is 5.97 Å². The number of aromatic hydroxyl groups is 1. The monoisotopic (exact) mass is 468 g/mol. The standard InChI is InChI=1S/C27H36N2O5/c1-27(2,3)22-9-7-8-20(26(22)33)16-29-17-21-14-19(15-25(31)32)10-11-23(21)34-13-6-4-5-12-28-24(30)18-29/h7-11,14,33H,4-6,12-13,15-18H2,1-3H3,(H,28,30)(H,31,32). The van der Waals surface area contributed by atoms with Gasteiger partial charge in [0.05, 0.1) is 19.6 Å². The van der Waals surface area contributed by atoms with E-state index in [4.69, 9.17) is 4.74 Å². The number of carboxylic acids is 1. The Morgan fingerprint density at radius 1 is 1.12 bits per heavy atom. The molecule has 34 heavy (non-hydrogen) atoms. The van der Waals surface area contributed by atoms with Crippen molar-refractivity contribution in [2.24, 2.45) is 0 Å². The van der Waals surface area contributed by atoms with Gasteiger partial charge in [-0.15, -0.1) is 0 Å². The fraction of sp³-hybridized carbons (Fsp3) is 0.481. The van der Waals surface area contributed by atoms with Gasteiger partial charge < -0.3 is 20.3 Å². The van der Waals surface area contributed by atoms with E-state index in [-0.39, 0.29) is 30.0 Å². The van der Waals surface area contributed by atoms with Gasteiger partial charge in [0.25, 0.3) is 0 Å². The maximum absolute atomic E-state index is 12.7. The molecule has 0 bridgehead atoms. The van der Waals surface area contributed by atoms with Crippen LogP contribution in [0.1, 0.15) is 62.3 Å². The second-order valence-corrected chi connectivity index (χ2v) is 9.98. The lowest BCUT2D eigenvalue weighted by molar-refractivity contribution is -0.136. The van der Waals surface area contributed by atoms with Gasteiger partial charge in [-0.2, -0.15) is 0 Å². The molecular formula is C27H36N2O5. The van der Waals surface area contributed by atoms with E-state index in [1.165, 1.54) is 0 Å². The summed E-state index contributed by atoms with van der Waals surface area (Å²) in [5, 5.41) is 23.2. The molecule has 0 fully saturated rings. The quantitative estimate of drug-likeness (QED) is 0.627. The Morgan fingerprint density at radius 2 is 1.91 bits per heavy atom. The zero-order valence-electron chi connectivity index (χ0n) is 20.4. The third-order valence-electron chi connectivity index (χ3n) is 5.96. The van der Waals surface area contributed by atoms with E-state index in [0.29, 0.717) is 37.6 Å². The van der Waals surface area contributed by atoms with Gasteiger partial charge in [0.1, 0.15) is 11.5 Å². The van der Waals surface area contributed by atoms with Crippen LogP contribution in [0.25, 0.3) is 0 Å². The molecule has 3 rings (SSSR count). The van der Waals surface area contributed by atoms with E-state index in [9.17, 15) is 19.8 Å². The van der Waals surface area contributed by atoms with Crippen LogP contribution in [-0.2, 0) is 34.5 Å². The highest BCUT2D eigenvalue weighted by molar-refractivity contribution is 5.78. The van der Waals surface area contributed by atoms with Crippen LogP contribution >= 0.6 is 0 Å². The van der Waals surface area contributed by atoms with Crippen LogP contribution in [-0.4, -0.2) is 46.7 Å². The minimum absolute atomic E-state index is 0.0742. The van der Waals surface area contributed by atoms with Crippen molar-refractivity contribution in [3.63, 3.8) is 0 Å². The van der Waals surface area contributed by atoms with Gasteiger partial charge in [-0.1, -0.05) is 51.1 Å². The summed E-state index contributed by atoms with van der Waals surface area (Å²) in [6.07, 6.45) is 2.63. The zero-order valence-corrected chi connectivity index (χ0v) is 20.4. The molecule has 0 radical (unpaired) electrons. The van der Waals surface area contributed by atoms with Gasteiger partial charge >= 0.3 is 5.97 Å². The number of phenols is 1. The van der Waals surface area contributed by atoms with Crippen molar-refractivity contribution in [2.45, 2.75) is 65.0 Å². The van der Waals surface area contributed by atoms with Crippen LogP contribution in [0.15, 0.2) is 36.4 Å². The van der Waals surface area contributed by atoms with Crippen LogP contribution in [0.4, 0.5) is 0 Å². The number of rotatable bonds is 4. The summed E-state index contributed by atoms with van der Waals surface area (Å²) >= 11 is 0. The molecule has 0 aliphatic carbocycles. The van der Waals surface area contributed by atoms with Crippen molar-refractivity contribution < 1.29 is 24.5 Å². The van der Waals surface area contributed by atoms with Crippen LogP contribution in [0.5, 0.6) is 11.5 Å². The predicted molar refractivity (Wildman–Crippen MR) is 131 cm³/mol. The summed E-state index contributed by atoms with van der Waals surface area (Å²) in [4.78, 5) is 25.9. The molecule has 0 atom stereocenters. The van der Waals surface area contributed by atoms with Crippen molar-refractivity contribution in [1.82, 2.24) is 10.2 Å². The lowest BCUT2D eigenvalue weighted by atomic mass is 9.85. The molecule has 0 saturated carbocycles. The summed E-state index contributed by atoms with van der Waals surface area (Å²) in [6.45, 7) is 8.24. The zero-order chi connectivity index (χ0) is 24.7. The molecule has 184 valence electrons. The summed E-state index contributed by atoms with van der Waals surface area (Å²) in [5.74, 6) is -0.0265. The first kappa shape index (κ1) is 25.6. The van der Waals surface area contributed by atoms with Gasteiger partial charge in [0.2, 0.25) is 5.91 Å². The van der Waals surface area contributed by atoms with Crippen molar-refractivity contribution in [2.75, 3.05) is 19.7 Å². The third-order valence-corrected chi connectivity index (χ3v) is 5.96. The predicted octanol–water partition coefficient (Wildman–Crippen LogP) is 4.00. The molecule has 0 aromatic heterocycles. The lowest BCUT2D eigenvalue weighted by Gasteiger charge is -2.26. The number of carbonyl (C=O) groups is 2. The fourth-order valence-electron chi connectivity index (χ4n) is 4.23. The second-order valence-electron chi connectivity index (χ2n) is 9.98. The number of ether oxygens (including phenoxy) is 1. The number of carbonyl (C=O) groups excluding carboxylic acids is 1. The maximum Gasteiger partial charge on any atom is 0.307 e. The molecule has 1 aliphatic heterocycles. The Labute approximate surface area is 201 Å². The van der Waals surface area contributed by atoms with Crippen molar-refractivity contribution in [3.05, 3.63) is 58.7 Å². The number of hydrogen-bond acceptors (Lipinski definition) is 5. The first-order chi connectivity index (χ1) is 16.1. The molecular weight excluding hydrogens is 432 g/mol. The highest BCUT2D eigenvalue weighted by Crippen LogP contribution is 2.34. The molecule has 7 nitrogen and oxygen atoms in total. The number of carboxylic acid groups (broad SMARTS) is 1. The molecule has 1 heterocycles. The molecule has 0 spiro atoms. The normalized spacial score (nSPS) is 16.3. The van der Waals surface area contributed by atoms with Gasteiger partial charge in [-0.25, -0.2) is 0 Å². The molecule has 2 aromatic carbocycles. The molecule has 2 aromatic rings. The van der Waals surface area contributed by atoms with Gasteiger partial charge in [-0.3, -0.25) is 14.5 Å². The summed E-state index contributed by atoms with van der Waals surface area (Å²) < 4.78 is 6.05. The van der Waals surface area contributed by atoms with Gasteiger partial charge in [0.15, 0.2) is 0 Å². The number of hydrogen-bond donors (Lipinski definition) is 3. The van der Waals surface area contributed by atoms with Gasteiger partial charge in [-0.05, 0) is 41.9 Å². The number of benzene rings is 2. The number of nitrogens with zero attached hydrogens (tertiary/aromatic N) is 1. The number of para-hydroxylation sites is 1. The number of phenolic OH excluding ortho intramolecular Hbond substituents is 1. The Balaban J connectivity index is 1.95. The average molecular weight is 469 g/mol. The molecule has 7 heteroatoms. The smallest absolute Gasteiger partial charge is 0.307 e. The SMILES string of the molecule is CC(C)(C)c1cccc(CN2CC(=O)NCCCCCOc3ccc(CC(=O)O)cc3C2)c1O. The molecule has 0 unspecified atom stereocenters. The van der Waals surface area contributed by atoms with Crippen LogP contribution in [0.3, 0.4) is 0 Å².